The van der Waals surface area contributed by atoms with Gasteiger partial charge in [0.05, 0.1) is 6.10 Å². The molecule has 0 aromatic heterocycles. The topological polar surface area (TPSA) is 32.3 Å². The molecule has 1 aliphatic rings. The third kappa shape index (κ3) is 2.52. The highest BCUT2D eigenvalue weighted by atomic mass is 35.5. The highest BCUT2D eigenvalue weighted by molar-refractivity contribution is 5.85. The van der Waals surface area contributed by atoms with E-state index in [0.29, 0.717) is 0 Å². The van der Waals surface area contributed by atoms with Crippen molar-refractivity contribution in [2.45, 2.75) is 31.9 Å². The van der Waals surface area contributed by atoms with Crippen LogP contribution in [0.4, 0.5) is 0 Å². The first-order chi connectivity index (χ1) is 3.60. The zero-order chi connectivity index (χ0) is 6.20. The van der Waals surface area contributed by atoms with Gasteiger partial charge in [-0.15, -0.1) is 12.4 Å². The van der Waals surface area contributed by atoms with Crippen molar-refractivity contribution in [3.8, 4) is 0 Å². The van der Waals surface area contributed by atoms with Gasteiger partial charge in [0.15, 0.2) is 0 Å². The van der Waals surface area contributed by atoms with E-state index in [2.05, 4.69) is 19.2 Å². The molecule has 0 aromatic carbocycles. The number of nitrogens with one attached hydrogen (secondary N) is 1. The van der Waals surface area contributed by atoms with Gasteiger partial charge in [-0.1, -0.05) is 0 Å². The third-order valence-corrected chi connectivity index (χ3v) is 1.56. The standard InChI is InChI=1S/C6H13NO.ClH/c1-6(2)3-5(8)4-7-6;/h5,7-8H,3-4H2,1-2H3;1H. The van der Waals surface area contributed by atoms with Gasteiger partial charge >= 0.3 is 0 Å². The van der Waals surface area contributed by atoms with Crippen LogP contribution in [-0.2, 0) is 0 Å². The lowest BCUT2D eigenvalue weighted by molar-refractivity contribution is 0.188. The van der Waals surface area contributed by atoms with E-state index in [1.165, 1.54) is 0 Å². The van der Waals surface area contributed by atoms with E-state index in [-0.39, 0.29) is 24.0 Å². The Hall–Kier alpha value is 0.210. The highest BCUT2D eigenvalue weighted by Gasteiger charge is 2.28. The molecule has 0 saturated carbocycles. The minimum Gasteiger partial charge on any atom is -0.392 e. The number of aliphatic hydroxyl groups is 1. The third-order valence-electron chi connectivity index (χ3n) is 1.56. The molecule has 1 rings (SSSR count). The summed E-state index contributed by atoms with van der Waals surface area (Å²) in [6, 6.07) is 0. The van der Waals surface area contributed by atoms with Crippen molar-refractivity contribution in [1.82, 2.24) is 5.32 Å². The molecule has 0 aliphatic carbocycles. The van der Waals surface area contributed by atoms with E-state index in [4.69, 9.17) is 5.11 Å². The molecule has 1 saturated heterocycles. The van der Waals surface area contributed by atoms with Gasteiger partial charge in [0.1, 0.15) is 0 Å². The summed E-state index contributed by atoms with van der Waals surface area (Å²) in [6.45, 7) is 4.96. The van der Waals surface area contributed by atoms with E-state index < -0.39 is 0 Å². The monoisotopic (exact) mass is 151 g/mol. The van der Waals surface area contributed by atoms with Crippen LogP contribution < -0.4 is 5.32 Å². The molecule has 2 N–H and O–H groups in total. The molecule has 0 radical (unpaired) electrons. The maximum atomic E-state index is 9.00. The van der Waals surface area contributed by atoms with Gasteiger partial charge in [-0.05, 0) is 20.3 Å². The Morgan fingerprint density at radius 1 is 1.56 bits per heavy atom. The van der Waals surface area contributed by atoms with E-state index in [9.17, 15) is 0 Å². The fraction of sp³-hybridized carbons (Fsp3) is 1.00. The van der Waals surface area contributed by atoms with Crippen LogP contribution in [0.3, 0.4) is 0 Å². The molecule has 2 nitrogen and oxygen atoms in total. The molecule has 0 aromatic rings. The summed E-state index contributed by atoms with van der Waals surface area (Å²) in [5.41, 5.74) is 0.166. The summed E-state index contributed by atoms with van der Waals surface area (Å²) in [6.07, 6.45) is 0.762. The quantitative estimate of drug-likeness (QED) is 0.530. The predicted molar refractivity (Wildman–Crippen MR) is 40.0 cm³/mol. The van der Waals surface area contributed by atoms with Gasteiger partial charge in [0, 0.05) is 12.1 Å². The Bertz CT molecular complexity index is 95.1. The number of rotatable bonds is 0. The molecule has 1 fully saturated rings. The van der Waals surface area contributed by atoms with Gasteiger partial charge in [-0.3, -0.25) is 0 Å². The second kappa shape index (κ2) is 2.86. The van der Waals surface area contributed by atoms with Crippen molar-refractivity contribution in [1.29, 1.82) is 0 Å². The second-order valence-corrected chi connectivity index (χ2v) is 3.12. The summed E-state index contributed by atoms with van der Waals surface area (Å²) in [4.78, 5) is 0. The Morgan fingerprint density at radius 3 is 2.22 bits per heavy atom. The van der Waals surface area contributed by atoms with Crippen LogP contribution in [0.15, 0.2) is 0 Å². The van der Waals surface area contributed by atoms with Crippen LogP contribution in [0, 0.1) is 0 Å². The molecular weight excluding hydrogens is 138 g/mol. The summed E-state index contributed by atoms with van der Waals surface area (Å²) in [5, 5.41) is 12.2. The Balaban J connectivity index is 0.000000640. The predicted octanol–water partition coefficient (Wildman–Crippen LogP) is 0.541. The fourth-order valence-corrected chi connectivity index (χ4v) is 1.13. The number of hydrogen-bond donors (Lipinski definition) is 2. The highest BCUT2D eigenvalue weighted by Crippen LogP contribution is 2.16. The summed E-state index contributed by atoms with van der Waals surface area (Å²) in [7, 11) is 0. The number of halogens is 1. The maximum Gasteiger partial charge on any atom is 0.0682 e. The van der Waals surface area contributed by atoms with E-state index in [1.54, 1.807) is 0 Å². The SMILES string of the molecule is CC1(C)CC(O)CN1.Cl. The molecule has 0 amide bonds. The van der Waals surface area contributed by atoms with Gasteiger partial charge in [0.25, 0.3) is 0 Å². The molecule has 0 bridgehead atoms. The van der Waals surface area contributed by atoms with Crippen molar-refractivity contribution in [3.05, 3.63) is 0 Å². The number of hydrogen-bond acceptors (Lipinski definition) is 2. The average molecular weight is 152 g/mol. The summed E-state index contributed by atoms with van der Waals surface area (Å²) < 4.78 is 0. The number of β-amino-alcohol motifs (C(OH)–C–C–N with tert-alkyl or cyclic N) is 1. The van der Waals surface area contributed by atoms with Crippen molar-refractivity contribution in [3.63, 3.8) is 0 Å². The van der Waals surface area contributed by atoms with Crippen molar-refractivity contribution >= 4 is 12.4 Å². The Labute approximate surface area is 62.1 Å². The van der Waals surface area contributed by atoms with E-state index in [0.717, 1.165) is 13.0 Å². The molecule has 1 heterocycles. The van der Waals surface area contributed by atoms with Crippen LogP contribution in [0.25, 0.3) is 0 Å². The van der Waals surface area contributed by atoms with Crippen molar-refractivity contribution < 1.29 is 5.11 Å². The van der Waals surface area contributed by atoms with E-state index in [1.807, 2.05) is 0 Å². The molecule has 56 valence electrons. The van der Waals surface area contributed by atoms with Gasteiger partial charge in [-0.25, -0.2) is 0 Å². The molecule has 9 heavy (non-hydrogen) atoms. The lowest BCUT2D eigenvalue weighted by Gasteiger charge is -2.15. The zero-order valence-electron chi connectivity index (χ0n) is 5.85. The molecule has 3 heteroatoms. The van der Waals surface area contributed by atoms with Crippen LogP contribution >= 0.6 is 12.4 Å². The summed E-state index contributed by atoms with van der Waals surface area (Å²) in [5.74, 6) is 0. The smallest absolute Gasteiger partial charge is 0.0682 e. The first-order valence-electron chi connectivity index (χ1n) is 3.03. The summed E-state index contributed by atoms with van der Waals surface area (Å²) >= 11 is 0. The molecule has 1 atom stereocenters. The second-order valence-electron chi connectivity index (χ2n) is 3.12. The van der Waals surface area contributed by atoms with Crippen molar-refractivity contribution in [2.24, 2.45) is 0 Å². The fourth-order valence-electron chi connectivity index (χ4n) is 1.13. The zero-order valence-corrected chi connectivity index (χ0v) is 6.66. The van der Waals surface area contributed by atoms with Crippen LogP contribution in [0.1, 0.15) is 20.3 Å². The molecular formula is C6H14ClNO. The van der Waals surface area contributed by atoms with Gasteiger partial charge in [0.2, 0.25) is 0 Å². The van der Waals surface area contributed by atoms with Gasteiger partial charge < -0.3 is 10.4 Å². The first-order valence-corrected chi connectivity index (χ1v) is 3.03. The molecule has 1 aliphatic heterocycles. The van der Waals surface area contributed by atoms with Gasteiger partial charge in [-0.2, -0.15) is 0 Å². The van der Waals surface area contributed by atoms with Crippen LogP contribution in [0.5, 0.6) is 0 Å². The Morgan fingerprint density at radius 2 is 2.11 bits per heavy atom. The minimum absolute atomic E-state index is 0. The minimum atomic E-state index is -0.120. The lowest BCUT2D eigenvalue weighted by atomic mass is 10.0. The maximum absolute atomic E-state index is 9.00. The normalized spacial score (nSPS) is 31.7. The van der Waals surface area contributed by atoms with Crippen LogP contribution in [0.2, 0.25) is 0 Å². The largest absolute Gasteiger partial charge is 0.392 e. The van der Waals surface area contributed by atoms with E-state index >= 15 is 0 Å². The Kier molecular flexibility index (Phi) is 2.93. The van der Waals surface area contributed by atoms with Crippen molar-refractivity contribution in [2.75, 3.05) is 6.54 Å². The molecule has 0 spiro atoms. The average Bonchev–Trinajstić information content (AvgIpc) is 1.82. The number of aliphatic hydroxyl groups excluding tert-OH is 1. The molecule has 1 unspecified atom stereocenters. The lowest BCUT2D eigenvalue weighted by Crippen LogP contribution is -2.31. The first kappa shape index (κ1) is 9.21. The van der Waals surface area contributed by atoms with Crippen LogP contribution in [-0.4, -0.2) is 23.3 Å².